The normalized spacial score (nSPS) is 13.5. The fourth-order valence-corrected chi connectivity index (χ4v) is 3.06. The summed E-state index contributed by atoms with van der Waals surface area (Å²) < 4.78 is 9.87. The van der Waals surface area contributed by atoms with Gasteiger partial charge in [-0.1, -0.05) is 45.5 Å². The first-order chi connectivity index (χ1) is 11.9. The number of para-hydroxylation sites is 2. The second-order valence-corrected chi connectivity index (χ2v) is 5.75. The summed E-state index contributed by atoms with van der Waals surface area (Å²) in [6.07, 6.45) is 4.02. The second kappa shape index (κ2) is 5.05. The van der Waals surface area contributed by atoms with E-state index in [4.69, 9.17) is 4.42 Å². The highest BCUT2D eigenvalue weighted by atomic mass is 16.3. The Balaban J connectivity index is 1.69. The Hall–Kier alpha value is -3.42. The standard InChI is InChI=1S/C21H14N2O/c1-2-6-16(7-3-1)22-12-13-23(15-22)17-10-11-21-19(14-17)18-8-4-5-9-20(18)24-21/h1-14H/q+2. The Kier molecular flexibility index (Phi) is 2.75. The maximum Gasteiger partial charge on any atom is 0.501 e. The van der Waals surface area contributed by atoms with Gasteiger partial charge in [-0.2, -0.15) is 0 Å². The molecule has 2 heterocycles. The number of hydrogen-bond donors (Lipinski definition) is 0. The van der Waals surface area contributed by atoms with Gasteiger partial charge in [0.15, 0.2) is 0 Å². The number of fused-ring (bicyclic) bond motifs is 3. The van der Waals surface area contributed by atoms with E-state index in [-0.39, 0.29) is 0 Å². The molecule has 0 atom stereocenters. The van der Waals surface area contributed by atoms with Crippen molar-refractivity contribution in [3.8, 4) is 0 Å². The molecule has 0 bridgehead atoms. The van der Waals surface area contributed by atoms with Crippen molar-refractivity contribution in [2.24, 2.45) is 0 Å². The molecule has 3 heteroatoms. The van der Waals surface area contributed by atoms with Gasteiger partial charge >= 0.3 is 6.01 Å². The zero-order valence-corrected chi connectivity index (χ0v) is 12.9. The Morgan fingerprint density at radius 1 is 0.625 bits per heavy atom. The zero-order valence-electron chi connectivity index (χ0n) is 12.9. The van der Waals surface area contributed by atoms with Crippen LogP contribution in [0.5, 0.6) is 0 Å². The zero-order chi connectivity index (χ0) is 15.9. The van der Waals surface area contributed by atoms with Crippen LogP contribution in [0, 0.1) is 0 Å². The van der Waals surface area contributed by atoms with E-state index >= 15 is 0 Å². The van der Waals surface area contributed by atoms with Crippen molar-refractivity contribution in [1.29, 1.82) is 0 Å². The molecule has 1 aliphatic heterocycles. The predicted molar refractivity (Wildman–Crippen MR) is 94.1 cm³/mol. The van der Waals surface area contributed by atoms with Crippen LogP contribution < -0.4 is 0 Å². The summed E-state index contributed by atoms with van der Waals surface area (Å²) in [7, 11) is 0. The van der Waals surface area contributed by atoms with Gasteiger partial charge in [0.05, 0.1) is 0 Å². The molecule has 0 fully saturated rings. The van der Waals surface area contributed by atoms with Crippen molar-refractivity contribution in [2.75, 3.05) is 0 Å². The predicted octanol–water partition coefficient (Wildman–Crippen LogP) is 5.23. The third kappa shape index (κ3) is 2.00. The maximum absolute atomic E-state index is 5.89. The van der Waals surface area contributed by atoms with Crippen molar-refractivity contribution in [1.82, 2.24) is 0 Å². The maximum atomic E-state index is 5.89. The number of benzene rings is 3. The van der Waals surface area contributed by atoms with Crippen LogP contribution in [0.25, 0.3) is 21.9 Å². The minimum Gasteiger partial charge on any atom is -0.456 e. The molecular weight excluding hydrogens is 296 g/mol. The molecule has 0 radical (unpaired) electrons. The fraction of sp³-hybridized carbons (Fsp3) is 0. The topological polar surface area (TPSA) is 19.2 Å². The monoisotopic (exact) mass is 310 g/mol. The quantitative estimate of drug-likeness (QED) is 0.464. The van der Waals surface area contributed by atoms with Crippen LogP contribution in [0.15, 0.2) is 89.6 Å². The average Bonchev–Trinajstić information content (AvgIpc) is 3.27. The van der Waals surface area contributed by atoms with E-state index in [1.807, 2.05) is 64.0 Å². The van der Waals surface area contributed by atoms with E-state index in [0.29, 0.717) is 0 Å². The van der Waals surface area contributed by atoms with Crippen LogP contribution in [0.4, 0.5) is 11.4 Å². The first-order valence-electron chi connectivity index (χ1n) is 7.88. The molecule has 1 aliphatic rings. The van der Waals surface area contributed by atoms with Crippen LogP contribution in [0.2, 0.25) is 0 Å². The van der Waals surface area contributed by atoms with Crippen LogP contribution >= 0.6 is 0 Å². The minimum atomic E-state index is 0.906. The third-order valence-corrected chi connectivity index (χ3v) is 4.25. The molecule has 112 valence electrons. The molecule has 24 heavy (non-hydrogen) atoms. The van der Waals surface area contributed by atoms with Gasteiger partial charge in [0.1, 0.15) is 11.2 Å². The molecule has 0 aliphatic carbocycles. The molecule has 0 amide bonds. The van der Waals surface area contributed by atoms with E-state index < -0.39 is 0 Å². The molecule has 0 saturated heterocycles. The van der Waals surface area contributed by atoms with Crippen molar-refractivity contribution in [3.05, 3.63) is 85.2 Å². The third-order valence-electron chi connectivity index (χ3n) is 4.25. The molecular formula is C21H14N2O+2. The Bertz CT molecular complexity index is 1180. The Morgan fingerprint density at radius 3 is 2.21 bits per heavy atom. The molecule has 0 spiro atoms. The summed E-state index contributed by atoms with van der Waals surface area (Å²) in [6.45, 7) is 0. The number of furan rings is 1. The molecule has 0 unspecified atom stereocenters. The first kappa shape index (κ1) is 13.1. The van der Waals surface area contributed by atoms with Gasteiger partial charge in [0.2, 0.25) is 11.4 Å². The second-order valence-electron chi connectivity index (χ2n) is 5.75. The van der Waals surface area contributed by atoms with Gasteiger partial charge in [0, 0.05) is 35.0 Å². The molecule has 3 aromatic carbocycles. The van der Waals surface area contributed by atoms with Crippen LogP contribution in [0.1, 0.15) is 0 Å². The number of nitrogens with zero attached hydrogens (tertiary/aromatic N) is 2. The fourth-order valence-electron chi connectivity index (χ4n) is 3.06. The lowest BCUT2D eigenvalue weighted by Crippen LogP contribution is -1.94. The van der Waals surface area contributed by atoms with Gasteiger partial charge in [-0.15, -0.1) is 0 Å². The SMILES string of the molecule is C1=[N+](c2ccccc2)C=C[N+]=1c1ccc2oc3ccccc3c2c1. The molecule has 1 aromatic heterocycles. The first-order valence-corrected chi connectivity index (χ1v) is 7.88. The number of hydrogen-bond acceptors (Lipinski definition) is 1. The van der Waals surface area contributed by atoms with Crippen molar-refractivity contribution >= 4 is 39.3 Å². The van der Waals surface area contributed by atoms with E-state index in [2.05, 4.69) is 36.3 Å². The van der Waals surface area contributed by atoms with Crippen LogP contribution in [-0.4, -0.2) is 15.2 Å². The van der Waals surface area contributed by atoms with Crippen molar-refractivity contribution < 1.29 is 13.6 Å². The number of rotatable bonds is 2. The summed E-state index contributed by atoms with van der Waals surface area (Å²) in [5, 5.41) is 2.26. The summed E-state index contributed by atoms with van der Waals surface area (Å²) >= 11 is 0. The van der Waals surface area contributed by atoms with E-state index in [9.17, 15) is 0 Å². The summed E-state index contributed by atoms with van der Waals surface area (Å²) in [4.78, 5) is 0. The summed E-state index contributed by atoms with van der Waals surface area (Å²) in [5.74, 6) is 0. The van der Waals surface area contributed by atoms with Gasteiger partial charge in [-0.3, -0.25) is 0 Å². The lowest BCUT2D eigenvalue weighted by molar-refractivity contribution is -0.387. The van der Waals surface area contributed by atoms with Crippen LogP contribution in [0.3, 0.4) is 0 Å². The highest BCUT2D eigenvalue weighted by Crippen LogP contribution is 2.31. The van der Waals surface area contributed by atoms with Crippen molar-refractivity contribution in [2.45, 2.75) is 0 Å². The molecule has 0 saturated carbocycles. The van der Waals surface area contributed by atoms with Gasteiger partial charge in [0.25, 0.3) is 12.4 Å². The molecule has 3 nitrogen and oxygen atoms in total. The summed E-state index contributed by atoms with van der Waals surface area (Å²) in [5.41, 5.74) is 3.97. The Morgan fingerprint density at radius 2 is 1.33 bits per heavy atom. The van der Waals surface area contributed by atoms with Gasteiger partial charge in [-0.25, -0.2) is 0 Å². The van der Waals surface area contributed by atoms with Crippen molar-refractivity contribution in [3.63, 3.8) is 0 Å². The van der Waals surface area contributed by atoms with E-state index in [0.717, 1.165) is 33.3 Å². The van der Waals surface area contributed by atoms with Gasteiger partial charge < -0.3 is 4.42 Å². The molecule has 5 rings (SSSR count). The van der Waals surface area contributed by atoms with E-state index in [1.54, 1.807) is 0 Å². The van der Waals surface area contributed by atoms with Gasteiger partial charge in [-0.05, 0) is 12.1 Å². The largest absolute Gasteiger partial charge is 0.501 e. The van der Waals surface area contributed by atoms with E-state index in [1.165, 1.54) is 0 Å². The lowest BCUT2D eigenvalue weighted by atomic mass is 10.1. The smallest absolute Gasteiger partial charge is 0.456 e. The highest BCUT2D eigenvalue weighted by Gasteiger charge is 2.21. The lowest BCUT2D eigenvalue weighted by Gasteiger charge is -1.90. The highest BCUT2D eigenvalue weighted by molar-refractivity contribution is 6.05. The van der Waals surface area contributed by atoms with Crippen LogP contribution in [-0.2, 0) is 0 Å². The molecule has 0 N–H and O–H groups in total. The minimum absolute atomic E-state index is 0.906. The molecule has 4 aromatic rings. The Labute approximate surface area is 138 Å². The summed E-state index contributed by atoms with van der Waals surface area (Å²) in [6, 6.07) is 27.9. The average molecular weight is 310 g/mol.